The quantitative estimate of drug-likeness (QED) is 0.824. The van der Waals surface area contributed by atoms with Gasteiger partial charge < -0.3 is 5.11 Å². The van der Waals surface area contributed by atoms with E-state index in [1.807, 2.05) is 0 Å². The van der Waals surface area contributed by atoms with Gasteiger partial charge in [-0.15, -0.1) is 11.8 Å². The minimum Gasteiger partial charge on any atom is -0.480 e. The van der Waals surface area contributed by atoms with Crippen LogP contribution in [-0.2, 0) is 11.0 Å². The van der Waals surface area contributed by atoms with Crippen LogP contribution in [0.15, 0.2) is 18.2 Å². The zero-order valence-corrected chi connectivity index (χ0v) is 10.2. The van der Waals surface area contributed by atoms with Crippen molar-refractivity contribution in [2.45, 2.75) is 17.6 Å². The normalized spacial score (nSPS) is 23.6. The van der Waals surface area contributed by atoms with E-state index in [0.717, 1.165) is 23.9 Å². The molecule has 19 heavy (non-hydrogen) atoms. The zero-order valence-electron chi connectivity index (χ0n) is 9.37. The molecule has 0 spiro atoms. The highest BCUT2D eigenvalue weighted by atomic mass is 32.2. The van der Waals surface area contributed by atoms with E-state index in [1.165, 1.54) is 0 Å². The molecule has 0 bridgehead atoms. The molecule has 1 aliphatic rings. The van der Waals surface area contributed by atoms with Gasteiger partial charge in [-0.1, -0.05) is 6.07 Å². The number of aliphatic carboxylic acids is 1. The molecule has 0 saturated carbocycles. The molecular weight excluding hydrogens is 286 g/mol. The molecule has 1 saturated heterocycles. The van der Waals surface area contributed by atoms with Crippen molar-refractivity contribution in [2.75, 3.05) is 5.75 Å². The second kappa shape index (κ2) is 5.01. The molecule has 1 unspecified atom stereocenters. The lowest BCUT2D eigenvalue weighted by Gasteiger charge is -2.18. The number of hydrogen-bond donors (Lipinski definition) is 2. The van der Waals surface area contributed by atoms with Gasteiger partial charge in [-0.25, -0.2) is 4.39 Å². The van der Waals surface area contributed by atoms with Crippen LogP contribution in [0, 0.1) is 5.82 Å². The minimum absolute atomic E-state index is 0.150. The second-order valence-electron chi connectivity index (χ2n) is 4.00. The summed E-state index contributed by atoms with van der Waals surface area (Å²) in [6.07, 6.45) is -4.68. The number of rotatable bonds is 2. The standard InChI is InChI=1S/C11H9F4NO2S/c12-5-1-2-6(7(3-5)11(13,14)15)9-16-8(4-19-9)10(17)18/h1-3,8-9,16H,4H2,(H,17,18)/t8-,9?/m0/s1. The predicted octanol–water partition coefficient (Wildman–Crippen LogP) is 2.63. The Balaban J connectivity index is 2.33. The van der Waals surface area contributed by atoms with Crippen LogP contribution in [0.5, 0.6) is 0 Å². The number of hydrogen-bond acceptors (Lipinski definition) is 3. The van der Waals surface area contributed by atoms with Crippen molar-refractivity contribution in [3.05, 3.63) is 35.1 Å². The maximum absolute atomic E-state index is 12.9. The molecule has 1 fully saturated rings. The molecule has 0 amide bonds. The zero-order chi connectivity index (χ0) is 14.2. The van der Waals surface area contributed by atoms with E-state index in [-0.39, 0.29) is 11.3 Å². The third kappa shape index (κ3) is 3.01. The van der Waals surface area contributed by atoms with Crippen molar-refractivity contribution in [1.82, 2.24) is 5.32 Å². The third-order valence-electron chi connectivity index (χ3n) is 2.68. The van der Waals surface area contributed by atoms with Gasteiger partial charge in [0.1, 0.15) is 11.9 Å². The summed E-state index contributed by atoms with van der Waals surface area (Å²) in [6.45, 7) is 0. The maximum Gasteiger partial charge on any atom is 0.416 e. The lowest BCUT2D eigenvalue weighted by Crippen LogP contribution is -2.34. The second-order valence-corrected chi connectivity index (χ2v) is 5.14. The van der Waals surface area contributed by atoms with E-state index in [1.54, 1.807) is 0 Å². The average Bonchev–Trinajstić information content (AvgIpc) is 2.77. The molecule has 1 aromatic carbocycles. The van der Waals surface area contributed by atoms with E-state index < -0.39 is 34.9 Å². The van der Waals surface area contributed by atoms with Crippen LogP contribution in [0.4, 0.5) is 17.6 Å². The Hall–Kier alpha value is -1.28. The Morgan fingerprint density at radius 2 is 2.11 bits per heavy atom. The van der Waals surface area contributed by atoms with Gasteiger partial charge in [-0.05, 0) is 17.7 Å². The maximum atomic E-state index is 12.9. The van der Waals surface area contributed by atoms with E-state index in [4.69, 9.17) is 5.11 Å². The fourth-order valence-corrected chi connectivity index (χ4v) is 3.07. The SMILES string of the molecule is O=C(O)[C@@H]1CSC(c2ccc(F)cc2C(F)(F)F)N1. The number of carboxylic acid groups (broad SMARTS) is 1. The molecular formula is C11H9F4NO2S. The molecule has 1 aromatic rings. The molecule has 0 radical (unpaired) electrons. The highest BCUT2D eigenvalue weighted by Crippen LogP contribution is 2.40. The Bertz CT molecular complexity index is 506. The molecule has 3 nitrogen and oxygen atoms in total. The van der Waals surface area contributed by atoms with Crippen molar-refractivity contribution in [3.8, 4) is 0 Å². The number of alkyl halides is 3. The summed E-state index contributed by atoms with van der Waals surface area (Å²) in [4.78, 5) is 10.8. The molecule has 2 atom stereocenters. The van der Waals surface area contributed by atoms with E-state index in [9.17, 15) is 22.4 Å². The number of halogens is 4. The van der Waals surface area contributed by atoms with E-state index >= 15 is 0 Å². The molecule has 8 heteroatoms. The molecule has 1 aliphatic heterocycles. The van der Waals surface area contributed by atoms with Gasteiger partial charge in [0.2, 0.25) is 0 Å². The van der Waals surface area contributed by atoms with Gasteiger partial charge in [0.15, 0.2) is 0 Å². The summed E-state index contributed by atoms with van der Waals surface area (Å²) in [5.41, 5.74) is -1.23. The van der Waals surface area contributed by atoms with Crippen LogP contribution in [-0.4, -0.2) is 22.9 Å². The summed E-state index contributed by atoms with van der Waals surface area (Å²) in [5, 5.41) is 10.6. The number of carboxylic acids is 1. The van der Waals surface area contributed by atoms with Gasteiger partial charge in [0.25, 0.3) is 0 Å². The van der Waals surface area contributed by atoms with Crippen LogP contribution < -0.4 is 5.32 Å². The van der Waals surface area contributed by atoms with Crippen LogP contribution in [0.1, 0.15) is 16.5 Å². The number of nitrogens with one attached hydrogen (secondary N) is 1. The summed E-state index contributed by atoms with van der Waals surface area (Å²) in [7, 11) is 0. The van der Waals surface area contributed by atoms with Gasteiger partial charge in [-0.3, -0.25) is 10.1 Å². The van der Waals surface area contributed by atoms with Crippen LogP contribution >= 0.6 is 11.8 Å². The van der Waals surface area contributed by atoms with Crippen LogP contribution in [0.3, 0.4) is 0 Å². The Labute approximate surface area is 110 Å². The number of carbonyl (C=O) groups is 1. The van der Waals surface area contributed by atoms with Crippen molar-refractivity contribution in [1.29, 1.82) is 0 Å². The van der Waals surface area contributed by atoms with E-state index in [0.29, 0.717) is 6.07 Å². The first kappa shape index (κ1) is 14.1. The predicted molar refractivity (Wildman–Crippen MR) is 61.2 cm³/mol. The fourth-order valence-electron chi connectivity index (χ4n) is 1.80. The first-order valence-corrected chi connectivity index (χ1v) is 6.31. The monoisotopic (exact) mass is 295 g/mol. The summed E-state index contributed by atoms with van der Waals surface area (Å²) < 4.78 is 51.4. The van der Waals surface area contributed by atoms with Gasteiger partial charge in [-0.2, -0.15) is 13.2 Å². The lowest BCUT2D eigenvalue weighted by atomic mass is 10.1. The lowest BCUT2D eigenvalue weighted by molar-refractivity contribution is -0.138. The molecule has 1 heterocycles. The summed E-state index contributed by atoms with van der Waals surface area (Å²) >= 11 is 1.05. The Morgan fingerprint density at radius 1 is 1.42 bits per heavy atom. The van der Waals surface area contributed by atoms with E-state index in [2.05, 4.69) is 5.32 Å². The molecule has 0 aromatic heterocycles. The molecule has 2 N–H and O–H groups in total. The van der Waals surface area contributed by atoms with Gasteiger partial charge in [0.05, 0.1) is 10.9 Å². The summed E-state index contributed by atoms with van der Waals surface area (Å²) in [6, 6.07) is 1.49. The van der Waals surface area contributed by atoms with Gasteiger partial charge >= 0.3 is 12.1 Å². The number of benzene rings is 1. The molecule has 104 valence electrons. The largest absolute Gasteiger partial charge is 0.480 e. The van der Waals surface area contributed by atoms with Crippen LogP contribution in [0.2, 0.25) is 0 Å². The van der Waals surface area contributed by atoms with Crippen molar-refractivity contribution in [2.24, 2.45) is 0 Å². The topological polar surface area (TPSA) is 49.3 Å². The third-order valence-corrected chi connectivity index (χ3v) is 3.93. The smallest absolute Gasteiger partial charge is 0.416 e. The van der Waals surface area contributed by atoms with Crippen LogP contribution in [0.25, 0.3) is 0 Å². The molecule has 2 rings (SSSR count). The fraction of sp³-hybridized carbons (Fsp3) is 0.364. The van der Waals surface area contributed by atoms with Crippen molar-refractivity contribution < 1.29 is 27.5 Å². The Morgan fingerprint density at radius 3 is 2.63 bits per heavy atom. The first-order chi connectivity index (χ1) is 8.79. The Kier molecular flexibility index (Phi) is 3.73. The highest BCUT2D eigenvalue weighted by Gasteiger charge is 2.39. The minimum atomic E-state index is -4.68. The number of thioether (sulfide) groups is 1. The summed E-state index contributed by atoms with van der Waals surface area (Å²) in [5.74, 6) is -1.94. The van der Waals surface area contributed by atoms with Crippen molar-refractivity contribution >= 4 is 17.7 Å². The first-order valence-electron chi connectivity index (χ1n) is 5.26. The highest BCUT2D eigenvalue weighted by molar-refractivity contribution is 7.99. The van der Waals surface area contributed by atoms with Gasteiger partial charge in [0, 0.05) is 5.75 Å². The average molecular weight is 295 g/mol. The molecule has 0 aliphatic carbocycles. The van der Waals surface area contributed by atoms with Crippen molar-refractivity contribution in [3.63, 3.8) is 0 Å².